The molecular formula is C12H18N4O2S2. The molecule has 0 atom stereocenters. The first-order chi connectivity index (χ1) is 9.53. The maximum Gasteiger partial charge on any atom is 0.245 e. The lowest BCUT2D eigenvalue weighted by Crippen LogP contribution is -2.26. The van der Waals surface area contributed by atoms with Crippen molar-refractivity contribution in [2.24, 2.45) is 0 Å². The van der Waals surface area contributed by atoms with Gasteiger partial charge in [0.1, 0.15) is 4.90 Å². The van der Waals surface area contributed by atoms with Gasteiger partial charge in [0.2, 0.25) is 10.0 Å². The smallest absolute Gasteiger partial charge is 0.245 e. The molecule has 0 aromatic carbocycles. The van der Waals surface area contributed by atoms with Crippen LogP contribution in [0.25, 0.3) is 0 Å². The highest BCUT2D eigenvalue weighted by molar-refractivity contribution is 7.89. The molecule has 2 aromatic rings. The summed E-state index contributed by atoms with van der Waals surface area (Å²) in [7, 11) is -3.60. The number of thiophene rings is 1. The van der Waals surface area contributed by atoms with Crippen LogP contribution in [0.4, 0.5) is 5.82 Å². The second-order valence-corrected chi connectivity index (χ2v) is 7.14. The fourth-order valence-corrected chi connectivity index (χ4v) is 3.62. The minimum absolute atomic E-state index is 0.0436. The molecule has 0 saturated heterocycles. The van der Waals surface area contributed by atoms with Crippen LogP contribution in [-0.4, -0.2) is 24.7 Å². The van der Waals surface area contributed by atoms with E-state index in [1.54, 1.807) is 16.0 Å². The van der Waals surface area contributed by atoms with Crippen molar-refractivity contribution in [1.82, 2.24) is 14.5 Å². The SMILES string of the molecule is CCCn1cc(S(=O)(=O)NCCc2cccs2)c(N)n1. The summed E-state index contributed by atoms with van der Waals surface area (Å²) in [5.74, 6) is 0.0436. The molecule has 2 heterocycles. The third-order valence-corrected chi connectivity index (χ3v) is 5.15. The van der Waals surface area contributed by atoms with Gasteiger partial charge in [0.15, 0.2) is 5.82 Å². The number of nitrogens with zero attached hydrogens (tertiary/aromatic N) is 2. The van der Waals surface area contributed by atoms with Gasteiger partial charge < -0.3 is 5.73 Å². The predicted molar refractivity (Wildman–Crippen MR) is 80.1 cm³/mol. The molecule has 0 aliphatic rings. The molecule has 8 heteroatoms. The summed E-state index contributed by atoms with van der Waals surface area (Å²) in [5.41, 5.74) is 5.68. The normalized spacial score (nSPS) is 11.8. The number of hydrogen-bond acceptors (Lipinski definition) is 5. The van der Waals surface area contributed by atoms with E-state index >= 15 is 0 Å². The zero-order chi connectivity index (χ0) is 14.6. The van der Waals surface area contributed by atoms with E-state index in [1.807, 2.05) is 24.4 Å². The summed E-state index contributed by atoms with van der Waals surface area (Å²) in [6.45, 7) is 2.99. The molecule has 6 nitrogen and oxygen atoms in total. The molecule has 0 amide bonds. The lowest BCUT2D eigenvalue weighted by Gasteiger charge is -2.04. The summed E-state index contributed by atoms with van der Waals surface area (Å²) >= 11 is 1.61. The van der Waals surface area contributed by atoms with E-state index in [4.69, 9.17) is 5.73 Å². The van der Waals surface area contributed by atoms with E-state index in [9.17, 15) is 8.42 Å². The molecule has 20 heavy (non-hydrogen) atoms. The standard InChI is InChI=1S/C12H18N4O2S2/c1-2-7-16-9-11(12(13)15-16)20(17,18)14-6-5-10-4-3-8-19-10/h3-4,8-9,14H,2,5-7H2,1H3,(H2,13,15). The van der Waals surface area contributed by atoms with Gasteiger partial charge in [-0.25, -0.2) is 13.1 Å². The van der Waals surface area contributed by atoms with E-state index in [2.05, 4.69) is 9.82 Å². The minimum Gasteiger partial charge on any atom is -0.381 e. The average Bonchev–Trinajstić information content (AvgIpc) is 2.99. The van der Waals surface area contributed by atoms with Gasteiger partial charge in [0, 0.05) is 24.2 Å². The Kier molecular flexibility index (Phi) is 4.79. The fourth-order valence-electron chi connectivity index (χ4n) is 1.81. The number of aryl methyl sites for hydroxylation is 1. The Balaban J connectivity index is 2.02. The van der Waals surface area contributed by atoms with Crippen LogP contribution >= 0.6 is 11.3 Å². The quantitative estimate of drug-likeness (QED) is 0.809. The Morgan fingerprint density at radius 3 is 2.95 bits per heavy atom. The van der Waals surface area contributed by atoms with Gasteiger partial charge >= 0.3 is 0 Å². The van der Waals surface area contributed by atoms with Gasteiger partial charge in [-0.05, 0) is 24.3 Å². The van der Waals surface area contributed by atoms with E-state index in [1.165, 1.54) is 6.20 Å². The molecule has 0 bridgehead atoms. The number of anilines is 1. The third kappa shape index (κ3) is 3.59. The molecule has 0 aliphatic carbocycles. The van der Waals surface area contributed by atoms with Crippen LogP contribution in [0.3, 0.4) is 0 Å². The molecule has 0 fully saturated rings. The van der Waals surface area contributed by atoms with Crippen LogP contribution in [0.15, 0.2) is 28.6 Å². The monoisotopic (exact) mass is 314 g/mol. The molecule has 0 radical (unpaired) electrons. The Morgan fingerprint density at radius 1 is 1.50 bits per heavy atom. The van der Waals surface area contributed by atoms with Crippen molar-refractivity contribution >= 4 is 27.2 Å². The van der Waals surface area contributed by atoms with Crippen LogP contribution < -0.4 is 10.5 Å². The first kappa shape index (κ1) is 15.0. The maximum absolute atomic E-state index is 12.2. The highest BCUT2D eigenvalue weighted by Crippen LogP contribution is 2.16. The molecule has 3 N–H and O–H groups in total. The van der Waals surface area contributed by atoms with Crippen molar-refractivity contribution in [3.63, 3.8) is 0 Å². The third-order valence-electron chi connectivity index (χ3n) is 2.74. The molecule has 0 aliphatic heterocycles. The Hall–Kier alpha value is -1.38. The Labute approximate surface area is 122 Å². The zero-order valence-corrected chi connectivity index (χ0v) is 12.9. The summed E-state index contributed by atoms with van der Waals surface area (Å²) < 4.78 is 28.4. The largest absolute Gasteiger partial charge is 0.381 e. The number of nitrogen functional groups attached to an aromatic ring is 1. The highest BCUT2D eigenvalue weighted by atomic mass is 32.2. The first-order valence-corrected chi connectivity index (χ1v) is 8.74. The van der Waals surface area contributed by atoms with Crippen molar-refractivity contribution in [3.8, 4) is 0 Å². The van der Waals surface area contributed by atoms with Crippen LogP contribution in [0.5, 0.6) is 0 Å². The van der Waals surface area contributed by atoms with E-state index in [0.29, 0.717) is 19.5 Å². The lowest BCUT2D eigenvalue weighted by molar-refractivity contribution is 0.579. The molecular weight excluding hydrogens is 296 g/mol. The summed E-state index contributed by atoms with van der Waals surface area (Å²) in [6, 6.07) is 3.92. The van der Waals surface area contributed by atoms with Crippen molar-refractivity contribution in [1.29, 1.82) is 0 Å². The second-order valence-electron chi connectivity index (χ2n) is 4.37. The fraction of sp³-hybridized carbons (Fsp3) is 0.417. The van der Waals surface area contributed by atoms with Crippen LogP contribution in [0, 0.1) is 0 Å². The van der Waals surface area contributed by atoms with Crippen molar-refractivity contribution in [3.05, 3.63) is 28.6 Å². The van der Waals surface area contributed by atoms with Crippen LogP contribution in [0.1, 0.15) is 18.2 Å². The number of hydrogen-bond donors (Lipinski definition) is 2. The Bertz CT molecular complexity index is 647. The maximum atomic E-state index is 12.2. The van der Waals surface area contributed by atoms with E-state index in [-0.39, 0.29) is 10.7 Å². The van der Waals surface area contributed by atoms with Gasteiger partial charge in [-0.15, -0.1) is 11.3 Å². The zero-order valence-electron chi connectivity index (χ0n) is 11.2. The van der Waals surface area contributed by atoms with Gasteiger partial charge in [0.05, 0.1) is 0 Å². The number of sulfonamides is 1. The molecule has 2 rings (SSSR count). The number of nitrogens with two attached hydrogens (primary N) is 1. The molecule has 2 aromatic heterocycles. The topological polar surface area (TPSA) is 90.0 Å². The molecule has 110 valence electrons. The highest BCUT2D eigenvalue weighted by Gasteiger charge is 2.20. The Morgan fingerprint density at radius 2 is 2.30 bits per heavy atom. The van der Waals surface area contributed by atoms with Crippen molar-refractivity contribution in [2.75, 3.05) is 12.3 Å². The molecule has 0 saturated carbocycles. The predicted octanol–water partition coefficient (Wildman–Crippen LogP) is 1.46. The van der Waals surface area contributed by atoms with Crippen molar-refractivity contribution < 1.29 is 8.42 Å². The van der Waals surface area contributed by atoms with E-state index < -0.39 is 10.0 Å². The summed E-state index contributed by atoms with van der Waals surface area (Å²) in [6.07, 6.45) is 3.01. The minimum atomic E-state index is -3.60. The summed E-state index contributed by atoms with van der Waals surface area (Å²) in [5, 5.41) is 5.97. The van der Waals surface area contributed by atoms with E-state index in [0.717, 1.165) is 11.3 Å². The number of rotatable bonds is 7. The summed E-state index contributed by atoms with van der Waals surface area (Å²) in [4.78, 5) is 1.19. The van der Waals surface area contributed by atoms with Crippen molar-refractivity contribution in [2.45, 2.75) is 31.2 Å². The van der Waals surface area contributed by atoms with Gasteiger partial charge in [-0.2, -0.15) is 5.10 Å². The molecule has 0 spiro atoms. The molecule has 0 unspecified atom stereocenters. The van der Waals surface area contributed by atoms with Gasteiger partial charge in [-0.1, -0.05) is 13.0 Å². The van der Waals surface area contributed by atoms with Gasteiger partial charge in [0.25, 0.3) is 0 Å². The average molecular weight is 314 g/mol. The second kappa shape index (κ2) is 6.38. The number of nitrogens with one attached hydrogen (secondary N) is 1. The first-order valence-electron chi connectivity index (χ1n) is 6.38. The van der Waals surface area contributed by atoms with Gasteiger partial charge in [-0.3, -0.25) is 4.68 Å². The van der Waals surface area contributed by atoms with Crippen LogP contribution in [-0.2, 0) is 23.0 Å². The lowest BCUT2D eigenvalue weighted by atomic mass is 10.3. The number of aromatic nitrogens is 2. The van der Waals surface area contributed by atoms with Crippen LogP contribution in [0.2, 0.25) is 0 Å².